The molecule has 2 aromatic carbocycles. The number of benzene rings is 2. The van der Waals surface area contributed by atoms with Gasteiger partial charge in [0.1, 0.15) is 5.75 Å². The number of aryl methyl sites for hydroxylation is 1. The molecular formula is C34H46N2O3. The number of rotatable bonds is 11. The molecule has 3 unspecified atom stereocenters. The number of ether oxygens (including phenoxy) is 1. The van der Waals surface area contributed by atoms with Gasteiger partial charge in [0, 0.05) is 44.9 Å². The van der Waals surface area contributed by atoms with Gasteiger partial charge in [-0.3, -0.25) is 9.59 Å². The van der Waals surface area contributed by atoms with E-state index in [9.17, 15) is 9.59 Å². The lowest BCUT2D eigenvalue weighted by atomic mass is 9.57. The molecule has 0 bridgehead atoms. The Hall–Kier alpha value is -2.66. The van der Waals surface area contributed by atoms with Crippen LogP contribution in [-0.4, -0.2) is 54.4 Å². The van der Waals surface area contributed by atoms with E-state index in [1.54, 1.807) is 0 Å². The third-order valence-corrected chi connectivity index (χ3v) is 9.61. The van der Waals surface area contributed by atoms with Crippen LogP contribution in [0.4, 0.5) is 0 Å². The SMILES string of the molecule is CC(=O)Oc1cccc(C23CCN(CC4CC4)CC2CCC(N(C)C(=O)CCCCCc2ccccc2)C3)c1. The van der Waals surface area contributed by atoms with Crippen molar-refractivity contribution >= 4 is 11.9 Å². The van der Waals surface area contributed by atoms with Crippen LogP contribution < -0.4 is 4.74 Å². The van der Waals surface area contributed by atoms with Crippen LogP contribution in [0.5, 0.6) is 5.75 Å². The molecule has 1 amide bonds. The van der Waals surface area contributed by atoms with E-state index in [-0.39, 0.29) is 23.3 Å². The molecule has 2 aliphatic carbocycles. The molecular weight excluding hydrogens is 484 g/mol. The van der Waals surface area contributed by atoms with Gasteiger partial charge in [-0.05, 0) is 99.4 Å². The summed E-state index contributed by atoms with van der Waals surface area (Å²) in [5.74, 6) is 2.10. The molecule has 3 fully saturated rings. The summed E-state index contributed by atoms with van der Waals surface area (Å²) >= 11 is 0. The first-order valence-corrected chi connectivity index (χ1v) is 15.2. The molecule has 3 aliphatic rings. The number of hydrogen-bond acceptors (Lipinski definition) is 4. The molecule has 2 saturated carbocycles. The third kappa shape index (κ3) is 7.11. The Labute approximate surface area is 234 Å². The topological polar surface area (TPSA) is 49.9 Å². The highest BCUT2D eigenvalue weighted by Gasteiger charge is 2.49. The summed E-state index contributed by atoms with van der Waals surface area (Å²) in [7, 11) is 2.03. The molecule has 2 aromatic rings. The van der Waals surface area contributed by atoms with E-state index in [0.29, 0.717) is 18.1 Å². The number of likely N-dealkylation sites (tertiary alicyclic amines) is 1. The van der Waals surface area contributed by atoms with Gasteiger partial charge in [-0.1, -0.05) is 48.9 Å². The molecule has 5 heteroatoms. The molecule has 39 heavy (non-hydrogen) atoms. The Balaban J connectivity index is 1.23. The number of esters is 1. The van der Waals surface area contributed by atoms with Crippen LogP contribution in [0.3, 0.4) is 0 Å². The predicted molar refractivity (Wildman–Crippen MR) is 156 cm³/mol. The second-order valence-electron chi connectivity index (χ2n) is 12.4. The molecule has 0 N–H and O–H groups in total. The molecule has 0 aromatic heterocycles. The third-order valence-electron chi connectivity index (χ3n) is 9.61. The van der Waals surface area contributed by atoms with Crippen molar-refractivity contribution in [2.45, 2.75) is 89.0 Å². The molecule has 1 heterocycles. The van der Waals surface area contributed by atoms with Crippen molar-refractivity contribution in [1.29, 1.82) is 0 Å². The van der Waals surface area contributed by atoms with E-state index in [0.717, 1.165) is 70.4 Å². The zero-order valence-electron chi connectivity index (χ0n) is 23.9. The average molecular weight is 531 g/mol. The van der Waals surface area contributed by atoms with Crippen LogP contribution in [0.1, 0.15) is 82.3 Å². The Kier molecular flexibility index (Phi) is 9.06. The Bertz CT molecular complexity index is 1110. The lowest BCUT2D eigenvalue weighted by Crippen LogP contribution is -2.56. The predicted octanol–water partition coefficient (Wildman–Crippen LogP) is 6.40. The summed E-state index contributed by atoms with van der Waals surface area (Å²) in [6, 6.07) is 19.1. The van der Waals surface area contributed by atoms with Crippen LogP contribution in [0.25, 0.3) is 0 Å². The number of nitrogens with zero attached hydrogens (tertiary/aromatic N) is 2. The lowest BCUT2D eigenvalue weighted by Gasteiger charge is -2.54. The zero-order valence-corrected chi connectivity index (χ0v) is 23.9. The van der Waals surface area contributed by atoms with Crippen LogP contribution >= 0.6 is 0 Å². The minimum atomic E-state index is -0.281. The highest BCUT2D eigenvalue weighted by molar-refractivity contribution is 5.76. The van der Waals surface area contributed by atoms with Crippen LogP contribution in [0.2, 0.25) is 0 Å². The summed E-state index contributed by atoms with van der Waals surface area (Å²) in [5.41, 5.74) is 2.68. The normalized spacial score (nSPS) is 25.1. The number of fused-ring (bicyclic) bond motifs is 1. The van der Waals surface area contributed by atoms with Gasteiger partial charge in [0.25, 0.3) is 0 Å². The van der Waals surface area contributed by atoms with E-state index in [2.05, 4.69) is 52.3 Å². The maximum atomic E-state index is 13.3. The van der Waals surface area contributed by atoms with Crippen LogP contribution in [-0.2, 0) is 21.4 Å². The van der Waals surface area contributed by atoms with Crippen LogP contribution in [0, 0.1) is 11.8 Å². The van der Waals surface area contributed by atoms with Crippen molar-refractivity contribution in [2.75, 3.05) is 26.7 Å². The van der Waals surface area contributed by atoms with Crippen molar-refractivity contribution in [3.8, 4) is 5.75 Å². The van der Waals surface area contributed by atoms with Gasteiger partial charge in [-0.2, -0.15) is 0 Å². The fraction of sp³-hybridized carbons (Fsp3) is 0.588. The highest BCUT2D eigenvalue weighted by atomic mass is 16.5. The Morgan fingerprint density at radius 1 is 1.00 bits per heavy atom. The Morgan fingerprint density at radius 2 is 1.82 bits per heavy atom. The van der Waals surface area contributed by atoms with Gasteiger partial charge in [-0.25, -0.2) is 0 Å². The fourth-order valence-corrected chi connectivity index (χ4v) is 7.19. The second-order valence-corrected chi connectivity index (χ2v) is 12.4. The van der Waals surface area contributed by atoms with Crippen molar-refractivity contribution < 1.29 is 14.3 Å². The molecule has 1 saturated heterocycles. The minimum absolute atomic E-state index is 0.0172. The number of carbonyl (C=O) groups is 2. The smallest absolute Gasteiger partial charge is 0.308 e. The second kappa shape index (κ2) is 12.7. The summed E-state index contributed by atoms with van der Waals surface area (Å²) in [5, 5.41) is 0. The van der Waals surface area contributed by atoms with Gasteiger partial charge >= 0.3 is 5.97 Å². The molecule has 210 valence electrons. The first kappa shape index (κ1) is 27.9. The van der Waals surface area contributed by atoms with Crippen LogP contribution in [0.15, 0.2) is 54.6 Å². The van der Waals surface area contributed by atoms with E-state index in [1.807, 2.05) is 19.2 Å². The quantitative estimate of drug-likeness (QED) is 0.192. The van der Waals surface area contributed by atoms with E-state index in [1.165, 1.54) is 37.4 Å². The number of carbonyl (C=O) groups excluding carboxylic acids is 2. The summed E-state index contributed by atoms with van der Waals surface area (Å²) in [4.78, 5) is 29.7. The zero-order chi connectivity index (χ0) is 27.2. The number of unbranched alkanes of at least 4 members (excludes halogenated alkanes) is 2. The summed E-state index contributed by atoms with van der Waals surface area (Å²) < 4.78 is 5.50. The average Bonchev–Trinajstić information content (AvgIpc) is 3.76. The lowest BCUT2D eigenvalue weighted by molar-refractivity contribution is -0.134. The Morgan fingerprint density at radius 3 is 2.59 bits per heavy atom. The monoisotopic (exact) mass is 530 g/mol. The summed E-state index contributed by atoms with van der Waals surface area (Å²) in [6.07, 6.45) is 12.0. The molecule has 5 rings (SSSR count). The van der Waals surface area contributed by atoms with Gasteiger partial charge < -0.3 is 14.5 Å². The van der Waals surface area contributed by atoms with Crippen molar-refractivity contribution in [3.63, 3.8) is 0 Å². The van der Waals surface area contributed by atoms with E-state index >= 15 is 0 Å². The van der Waals surface area contributed by atoms with Crippen molar-refractivity contribution in [2.24, 2.45) is 11.8 Å². The standard InChI is InChI=1S/C34H46N2O3/c1-26(37)39-32-14-9-13-29(22-32)34-20-21-36(24-28-16-17-28)25-30(34)18-19-31(23-34)35(2)33(38)15-8-4-7-12-27-10-5-3-6-11-27/h3,5-6,9-11,13-14,22,28,30-31H,4,7-8,12,15-21,23-25H2,1-2H3. The number of piperidine rings is 1. The fourth-order valence-electron chi connectivity index (χ4n) is 7.19. The van der Waals surface area contributed by atoms with Crippen molar-refractivity contribution in [3.05, 3.63) is 65.7 Å². The van der Waals surface area contributed by atoms with Gasteiger partial charge in [-0.15, -0.1) is 0 Å². The minimum Gasteiger partial charge on any atom is -0.427 e. The van der Waals surface area contributed by atoms with Gasteiger partial charge in [0.05, 0.1) is 0 Å². The molecule has 1 aliphatic heterocycles. The maximum absolute atomic E-state index is 13.3. The van der Waals surface area contributed by atoms with E-state index in [4.69, 9.17) is 4.74 Å². The van der Waals surface area contributed by atoms with Crippen molar-refractivity contribution in [1.82, 2.24) is 9.80 Å². The highest BCUT2D eigenvalue weighted by Crippen LogP contribution is 2.51. The molecule has 0 radical (unpaired) electrons. The first-order chi connectivity index (χ1) is 18.9. The largest absolute Gasteiger partial charge is 0.427 e. The molecule has 0 spiro atoms. The number of hydrogen-bond donors (Lipinski definition) is 0. The maximum Gasteiger partial charge on any atom is 0.308 e. The van der Waals surface area contributed by atoms with E-state index < -0.39 is 0 Å². The molecule has 3 atom stereocenters. The number of amides is 1. The van der Waals surface area contributed by atoms with Gasteiger partial charge in [0.15, 0.2) is 0 Å². The molecule has 5 nitrogen and oxygen atoms in total. The summed E-state index contributed by atoms with van der Waals surface area (Å²) in [6.45, 7) is 4.95. The van der Waals surface area contributed by atoms with Gasteiger partial charge in [0.2, 0.25) is 5.91 Å². The first-order valence-electron chi connectivity index (χ1n) is 15.2.